The van der Waals surface area contributed by atoms with Gasteiger partial charge in [-0.15, -0.1) is 0 Å². The molecule has 1 atom stereocenters. The number of hydrogen-bond acceptors (Lipinski definition) is 4. The molecule has 166 valence electrons. The molecular weight excluding hydrogens is 396 g/mol. The highest BCUT2D eigenvalue weighted by atomic mass is 16.5. The molecule has 0 aliphatic rings. The number of carbonyl (C=O) groups excluding carboxylic acids is 3. The lowest BCUT2D eigenvalue weighted by atomic mass is 10.1. The van der Waals surface area contributed by atoms with Gasteiger partial charge in [-0.1, -0.05) is 61.4 Å². The molecule has 0 radical (unpaired) electrons. The fourth-order valence-electron chi connectivity index (χ4n) is 3.06. The van der Waals surface area contributed by atoms with Crippen molar-refractivity contribution in [1.82, 2.24) is 16.1 Å². The summed E-state index contributed by atoms with van der Waals surface area (Å²) < 4.78 is 0. The van der Waals surface area contributed by atoms with Gasteiger partial charge in [0.25, 0.3) is 0 Å². The van der Waals surface area contributed by atoms with Crippen LogP contribution in [0.2, 0.25) is 0 Å². The van der Waals surface area contributed by atoms with Crippen molar-refractivity contribution in [3.63, 3.8) is 0 Å². The van der Waals surface area contributed by atoms with Crippen molar-refractivity contribution in [2.45, 2.75) is 44.6 Å². The molecule has 0 aliphatic heterocycles. The Kier molecular flexibility index (Phi) is 10.6. The summed E-state index contributed by atoms with van der Waals surface area (Å²) in [4.78, 5) is 36.1. The van der Waals surface area contributed by atoms with Crippen molar-refractivity contribution in [3.8, 4) is 0 Å². The van der Waals surface area contributed by atoms with Crippen LogP contribution in [0.15, 0.2) is 60.7 Å². The molecule has 0 aromatic heterocycles. The molecule has 2 aromatic rings. The van der Waals surface area contributed by atoms with Crippen molar-refractivity contribution in [2.75, 3.05) is 11.9 Å². The topological polar surface area (TPSA) is 120 Å². The maximum absolute atomic E-state index is 12.7. The van der Waals surface area contributed by atoms with Crippen LogP contribution in [0, 0.1) is 0 Å². The summed E-state index contributed by atoms with van der Waals surface area (Å²) >= 11 is 0. The molecule has 0 saturated heterocycles. The van der Waals surface area contributed by atoms with Gasteiger partial charge < -0.3 is 16.0 Å². The Hall–Kier alpha value is -3.39. The summed E-state index contributed by atoms with van der Waals surface area (Å²) in [5, 5.41) is 16.9. The number of carbonyl (C=O) groups is 3. The van der Waals surface area contributed by atoms with Crippen molar-refractivity contribution < 1.29 is 19.6 Å². The minimum atomic E-state index is -0.705. The zero-order valence-electron chi connectivity index (χ0n) is 17.5. The third kappa shape index (κ3) is 9.77. The Morgan fingerprint density at radius 1 is 0.871 bits per heavy atom. The van der Waals surface area contributed by atoms with Crippen LogP contribution in [0.5, 0.6) is 0 Å². The van der Waals surface area contributed by atoms with E-state index in [2.05, 4.69) is 16.0 Å². The van der Waals surface area contributed by atoms with Crippen molar-refractivity contribution >= 4 is 23.5 Å². The highest BCUT2D eigenvalue weighted by Gasteiger charge is 2.20. The summed E-state index contributed by atoms with van der Waals surface area (Å²) in [6.45, 7) is 0.457. The molecule has 2 rings (SSSR count). The molecule has 5 N–H and O–H groups in total. The predicted octanol–water partition coefficient (Wildman–Crippen LogP) is 2.99. The van der Waals surface area contributed by atoms with E-state index in [0.717, 1.165) is 5.56 Å². The van der Waals surface area contributed by atoms with Crippen LogP contribution < -0.4 is 21.4 Å². The van der Waals surface area contributed by atoms with Gasteiger partial charge in [0.05, 0.1) is 0 Å². The monoisotopic (exact) mass is 426 g/mol. The van der Waals surface area contributed by atoms with Gasteiger partial charge in [0, 0.05) is 18.7 Å². The number of hydroxylamine groups is 1. The number of urea groups is 1. The molecule has 31 heavy (non-hydrogen) atoms. The quantitative estimate of drug-likeness (QED) is 0.204. The SMILES string of the molecule is O=C(CCCCC[C@H](NC(=O)NCCc1ccccc1)C(=O)Nc1ccccc1)NO. The van der Waals surface area contributed by atoms with E-state index in [1.54, 1.807) is 17.6 Å². The number of para-hydroxylation sites is 1. The van der Waals surface area contributed by atoms with Crippen molar-refractivity contribution in [1.29, 1.82) is 0 Å². The van der Waals surface area contributed by atoms with Crippen LogP contribution in [0.4, 0.5) is 10.5 Å². The lowest BCUT2D eigenvalue weighted by Crippen LogP contribution is -2.48. The molecule has 8 nitrogen and oxygen atoms in total. The second-order valence-corrected chi connectivity index (χ2v) is 7.18. The summed E-state index contributed by atoms with van der Waals surface area (Å²) in [5.74, 6) is -0.730. The van der Waals surface area contributed by atoms with Crippen molar-refractivity contribution in [2.24, 2.45) is 0 Å². The first-order chi connectivity index (χ1) is 15.1. The van der Waals surface area contributed by atoms with Gasteiger partial charge in [0.2, 0.25) is 11.8 Å². The third-order valence-corrected chi connectivity index (χ3v) is 4.73. The Labute approximate surface area is 182 Å². The number of benzene rings is 2. The molecule has 2 aromatic carbocycles. The molecule has 4 amide bonds. The van der Waals surface area contributed by atoms with Gasteiger partial charge in [0.15, 0.2) is 0 Å². The van der Waals surface area contributed by atoms with Crippen LogP contribution in [0.3, 0.4) is 0 Å². The number of unbranched alkanes of at least 4 members (excludes halogenated alkanes) is 2. The molecule has 0 aliphatic carbocycles. The van der Waals surface area contributed by atoms with E-state index in [0.29, 0.717) is 44.3 Å². The Morgan fingerprint density at radius 2 is 1.55 bits per heavy atom. The lowest BCUT2D eigenvalue weighted by Gasteiger charge is -2.19. The van der Waals surface area contributed by atoms with E-state index in [4.69, 9.17) is 5.21 Å². The molecule has 8 heteroatoms. The van der Waals surface area contributed by atoms with Crippen LogP contribution >= 0.6 is 0 Å². The van der Waals surface area contributed by atoms with Crippen LogP contribution in [0.25, 0.3) is 0 Å². The van der Waals surface area contributed by atoms with Gasteiger partial charge >= 0.3 is 6.03 Å². The van der Waals surface area contributed by atoms with E-state index in [1.165, 1.54) is 0 Å². The molecule has 0 saturated carbocycles. The molecule has 0 unspecified atom stereocenters. The Morgan fingerprint density at radius 3 is 2.23 bits per heavy atom. The molecule has 0 heterocycles. The number of anilines is 1. The number of amides is 4. The molecule has 0 spiro atoms. The van der Waals surface area contributed by atoms with Gasteiger partial charge in [0.1, 0.15) is 6.04 Å². The second kappa shape index (κ2) is 13.8. The lowest BCUT2D eigenvalue weighted by molar-refractivity contribution is -0.129. The number of nitrogens with one attached hydrogen (secondary N) is 4. The van der Waals surface area contributed by atoms with Gasteiger partial charge in [-0.25, -0.2) is 10.3 Å². The molecule has 0 bridgehead atoms. The minimum absolute atomic E-state index is 0.213. The predicted molar refractivity (Wildman–Crippen MR) is 119 cm³/mol. The van der Waals surface area contributed by atoms with Crippen LogP contribution in [-0.4, -0.2) is 35.6 Å². The van der Waals surface area contributed by atoms with E-state index < -0.39 is 18.0 Å². The Balaban J connectivity index is 1.83. The first kappa shape index (κ1) is 23.9. The average Bonchev–Trinajstić information content (AvgIpc) is 2.79. The molecule has 0 fully saturated rings. The second-order valence-electron chi connectivity index (χ2n) is 7.18. The summed E-state index contributed by atoms with van der Waals surface area (Å²) in [7, 11) is 0. The standard InChI is InChI=1S/C23H30N4O4/c28-21(27-31)15-9-3-8-14-20(22(29)25-19-12-6-2-7-13-19)26-23(30)24-17-16-18-10-4-1-5-11-18/h1-2,4-7,10-13,20,31H,3,8-9,14-17H2,(H,25,29)(H,27,28)(H2,24,26,30)/t20-/m0/s1. The first-order valence-electron chi connectivity index (χ1n) is 10.5. The minimum Gasteiger partial charge on any atom is -0.338 e. The van der Waals surface area contributed by atoms with Gasteiger partial charge in [-0.2, -0.15) is 0 Å². The highest BCUT2D eigenvalue weighted by Crippen LogP contribution is 2.10. The van der Waals surface area contributed by atoms with E-state index in [9.17, 15) is 14.4 Å². The average molecular weight is 427 g/mol. The van der Waals surface area contributed by atoms with Gasteiger partial charge in [-0.05, 0) is 37.0 Å². The van der Waals surface area contributed by atoms with E-state index >= 15 is 0 Å². The number of hydrogen-bond donors (Lipinski definition) is 5. The van der Waals surface area contributed by atoms with Crippen LogP contribution in [-0.2, 0) is 16.0 Å². The maximum Gasteiger partial charge on any atom is 0.315 e. The smallest absolute Gasteiger partial charge is 0.315 e. The summed E-state index contributed by atoms with van der Waals surface area (Å²) in [5.41, 5.74) is 3.37. The van der Waals surface area contributed by atoms with Crippen LogP contribution in [0.1, 0.15) is 37.7 Å². The van der Waals surface area contributed by atoms with E-state index in [1.807, 2.05) is 48.5 Å². The molecular formula is C23H30N4O4. The first-order valence-corrected chi connectivity index (χ1v) is 10.5. The third-order valence-electron chi connectivity index (χ3n) is 4.73. The summed E-state index contributed by atoms with van der Waals surface area (Å²) in [6, 6.07) is 17.8. The zero-order chi connectivity index (χ0) is 22.3. The Bertz CT molecular complexity index is 815. The fourth-order valence-corrected chi connectivity index (χ4v) is 3.06. The van der Waals surface area contributed by atoms with Gasteiger partial charge in [-0.3, -0.25) is 14.8 Å². The normalized spacial score (nSPS) is 11.3. The summed E-state index contributed by atoms with van der Waals surface area (Å²) in [6.07, 6.45) is 3.27. The fraction of sp³-hybridized carbons (Fsp3) is 0.348. The number of rotatable bonds is 12. The largest absolute Gasteiger partial charge is 0.338 e. The highest BCUT2D eigenvalue weighted by molar-refractivity contribution is 5.96. The maximum atomic E-state index is 12.7. The van der Waals surface area contributed by atoms with Crippen molar-refractivity contribution in [3.05, 3.63) is 66.2 Å². The zero-order valence-corrected chi connectivity index (χ0v) is 17.5. The van der Waals surface area contributed by atoms with E-state index in [-0.39, 0.29) is 12.3 Å².